The fraction of sp³-hybridized carbons (Fsp3) is 0.0714. The minimum atomic E-state index is 0.536. The molecule has 0 bridgehead atoms. The highest BCUT2D eigenvalue weighted by molar-refractivity contribution is 6.32. The van der Waals surface area contributed by atoms with Gasteiger partial charge in [-0.25, -0.2) is 0 Å². The number of ether oxygens (including phenoxy) is 1. The van der Waals surface area contributed by atoms with Gasteiger partial charge in [0, 0.05) is 17.3 Å². The van der Waals surface area contributed by atoms with E-state index in [1.165, 1.54) is 0 Å². The van der Waals surface area contributed by atoms with E-state index < -0.39 is 0 Å². The zero-order chi connectivity index (χ0) is 14.8. The summed E-state index contributed by atoms with van der Waals surface area (Å²) >= 11 is 6.20. The summed E-state index contributed by atoms with van der Waals surface area (Å²) in [6.07, 6.45) is 0. The first-order valence-electron chi connectivity index (χ1n) is 6.17. The van der Waals surface area contributed by atoms with Crippen molar-refractivity contribution >= 4 is 17.3 Å². The summed E-state index contributed by atoms with van der Waals surface area (Å²) in [6.45, 7) is 0. The first-order valence-corrected chi connectivity index (χ1v) is 6.55. The van der Waals surface area contributed by atoms with Crippen LogP contribution in [-0.2, 0) is 0 Å². The molecule has 0 spiro atoms. The maximum atomic E-state index is 6.20. The number of benzene rings is 2. The molecule has 0 aliphatic carbocycles. The zero-order valence-corrected chi connectivity index (χ0v) is 11.9. The Hall–Kier alpha value is -2.60. The van der Waals surface area contributed by atoms with Crippen LogP contribution >= 0.6 is 11.6 Å². The van der Waals surface area contributed by atoms with Crippen LogP contribution in [0, 0.1) is 0 Å². The van der Waals surface area contributed by atoms with E-state index in [9.17, 15) is 0 Å². The second-order valence-electron chi connectivity index (χ2n) is 4.36. The summed E-state index contributed by atoms with van der Waals surface area (Å²) in [5, 5.41) is 12.3. The van der Waals surface area contributed by atoms with Crippen molar-refractivity contribution in [1.82, 2.24) is 20.2 Å². The van der Waals surface area contributed by atoms with Gasteiger partial charge in [-0.05, 0) is 34.7 Å². The number of rotatable bonds is 3. The molecule has 2 N–H and O–H groups in total. The molecular weight excluding hydrogens is 290 g/mol. The van der Waals surface area contributed by atoms with Crippen LogP contribution in [0.1, 0.15) is 0 Å². The molecule has 7 heteroatoms. The standard InChI is InChI=1S/C14H12ClN5O/c1-21-11-7-9(6-10(16)8-11)14-17-18-19-20(14)13-5-3-2-4-12(13)15/h2-8H,16H2,1H3. The Morgan fingerprint density at radius 1 is 1.19 bits per heavy atom. The molecule has 0 amide bonds. The van der Waals surface area contributed by atoms with Crippen LogP contribution in [0.2, 0.25) is 5.02 Å². The number of nitrogens with zero attached hydrogens (tertiary/aromatic N) is 4. The number of nitrogens with two attached hydrogens (primary N) is 1. The van der Waals surface area contributed by atoms with E-state index >= 15 is 0 Å². The van der Waals surface area contributed by atoms with Crippen LogP contribution in [0.5, 0.6) is 5.75 Å². The molecule has 0 atom stereocenters. The van der Waals surface area contributed by atoms with Gasteiger partial charge < -0.3 is 10.5 Å². The number of hydrogen-bond donors (Lipinski definition) is 1. The van der Waals surface area contributed by atoms with E-state index in [4.69, 9.17) is 22.1 Å². The number of tetrazole rings is 1. The van der Waals surface area contributed by atoms with Crippen LogP contribution in [0.3, 0.4) is 0 Å². The molecule has 0 saturated heterocycles. The van der Waals surface area contributed by atoms with E-state index in [1.54, 1.807) is 30.0 Å². The van der Waals surface area contributed by atoms with Crippen LogP contribution < -0.4 is 10.5 Å². The molecule has 6 nitrogen and oxygen atoms in total. The first-order chi connectivity index (χ1) is 10.2. The minimum absolute atomic E-state index is 0.536. The van der Waals surface area contributed by atoms with Gasteiger partial charge in [0.15, 0.2) is 5.82 Å². The number of nitrogen functional groups attached to an aromatic ring is 1. The van der Waals surface area contributed by atoms with Gasteiger partial charge in [-0.15, -0.1) is 5.10 Å². The quantitative estimate of drug-likeness (QED) is 0.752. The second kappa shape index (κ2) is 5.41. The van der Waals surface area contributed by atoms with Gasteiger partial charge in [0.2, 0.25) is 0 Å². The van der Waals surface area contributed by atoms with E-state index in [-0.39, 0.29) is 0 Å². The number of para-hydroxylation sites is 1. The van der Waals surface area contributed by atoms with Gasteiger partial charge in [0.05, 0.1) is 17.8 Å². The molecule has 21 heavy (non-hydrogen) atoms. The summed E-state index contributed by atoms with van der Waals surface area (Å²) in [7, 11) is 1.58. The fourth-order valence-electron chi connectivity index (χ4n) is 2.02. The van der Waals surface area contributed by atoms with Crippen LogP contribution in [-0.4, -0.2) is 27.3 Å². The SMILES string of the molecule is COc1cc(N)cc(-c2nnnn2-c2ccccc2Cl)c1. The van der Waals surface area contributed by atoms with E-state index in [0.29, 0.717) is 28.0 Å². The summed E-state index contributed by atoms with van der Waals surface area (Å²) in [5.74, 6) is 1.17. The Kier molecular flexibility index (Phi) is 3.45. The predicted octanol–water partition coefficient (Wildman–Crippen LogP) is 2.57. The molecule has 0 aliphatic rings. The highest BCUT2D eigenvalue weighted by Gasteiger charge is 2.14. The average Bonchev–Trinajstić information content (AvgIpc) is 2.96. The Bertz CT molecular complexity index is 787. The lowest BCUT2D eigenvalue weighted by Crippen LogP contribution is -2.01. The number of hydrogen-bond acceptors (Lipinski definition) is 5. The molecule has 0 aliphatic heterocycles. The van der Waals surface area contributed by atoms with E-state index in [0.717, 1.165) is 5.56 Å². The maximum absolute atomic E-state index is 6.20. The molecule has 1 heterocycles. The Morgan fingerprint density at radius 2 is 2.00 bits per heavy atom. The van der Waals surface area contributed by atoms with Crippen molar-refractivity contribution in [2.45, 2.75) is 0 Å². The third-order valence-electron chi connectivity index (χ3n) is 2.97. The van der Waals surface area contributed by atoms with Gasteiger partial charge in [-0.3, -0.25) is 0 Å². The molecule has 106 valence electrons. The molecule has 0 unspecified atom stereocenters. The monoisotopic (exact) mass is 301 g/mol. The van der Waals surface area contributed by atoms with Gasteiger partial charge in [-0.1, -0.05) is 23.7 Å². The van der Waals surface area contributed by atoms with E-state index in [1.807, 2.05) is 24.3 Å². The summed E-state index contributed by atoms with van der Waals surface area (Å²) in [5.41, 5.74) is 7.89. The summed E-state index contributed by atoms with van der Waals surface area (Å²) in [6, 6.07) is 12.7. The lowest BCUT2D eigenvalue weighted by atomic mass is 10.1. The molecule has 1 aromatic heterocycles. The third-order valence-corrected chi connectivity index (χ3v) is 3.29. The smallest absolute Gasteiger partial charge is 0.187 e. The van der Waals surface area contributed by atoms with Gasteiger partial charge >= 0.3 is 0 Å². The third kappa shape index (κ3) is 2.53. The average molecular weight is 302 g/mol. The highest BCUT2D eigenvalue weighted by atomic mass is 35.5. The Balaban J connectivity index is 2.16. The highest BCUT2D eigenvalue weighted by Crippen LogP contribution is 2.28. The molecule has 0 radical (unpaired) electrons. The lowest BCUT2D eigenvalue weighted by Gasteiger charge is -2.08. The first kappa shape index (κ1) is 13.4. The van der Waals surface area contributed by atoms with Crippen molar-refractivity contribution < 1.29 is 4.74 Å². The Morgan fingerprint density at radius 3 is 2.76 bits per heavy atom. The molecule has 3 rings (SSSR count). The van der Waals surface area contributed by atoms with Crippen molar-refractivity contribution in [2.75, 3.05) is 12.8 Å². The maximum Gasteiger partial charge on any atom is 0.187 e. The molecule has 2 aromatic carbocycles. The predicted molar refractivity (Wildman–Crippen MR) is 80.6 cm³/mol. The summed E-state index contributed by atoms with van der Waals surface area (Å²) in [4.78, 5) is 0. The fourth-order valence-corrected chi connectivity index (χ4v) is 2.24. The van der Waals surface area contributed by atoms with Crippen molar-refractivity contribution in [2.24, 2.45) is 0 Å². The number of aromatic nitrogens is 4. The largest absolute Gasteiger partial charge is 0.497 e. The molecular formula is C14H12ClN5O. The minimum Gasteiger partial charge on any atom is -0.497 e. The topological polar surface area (TPSA) is 78.8 Å². The van der Waals surface area contributed by atoms with Gasteiger partial charge in [0.25, 0.3) is 0 Å². The van der Waals surface area contributed by atoms with Gasteiger partial charge in [0.1, 0.15) is 5.75 Å². The van der Waals surface area contributed by atoms with Gasteiger partial charge in [-0.2, -0.15) is 4.68 Å². The van der Waals surface area contributed by atoms with Crippen molar-refractivity contribution in [3.8, 4) is 22.8 Å². The lowest BCUT2D eigenvalue weighted by molar-refractivity contribution is 0.415. The molecule has 0 fully saturated rings. The van der Waals surface area contributed by atoms with Crippen molar-refractivity contribution in [3.05, 3.63) is 47.5 Å². The van der Waals surface area contributed by atoms with Crippen LogP contribution in [0.4, 0.5) is 5.69 Å². The normalized spacial score (nSPS) is 10.6. The van der Waals surface area contributed by atoms with Crippen LogP contribution in [0.15, 0.2) is 42.5 Å². The Labute approximate surface area is 126 Å². The number of methoxy groups -OCH3 is 1. The second-order valence-corrected chi connectivity index (χ2v) is 4.77. The molecule has 3 aromatic rings. The van der Waals surface area contributed by atoms with E-state index in [2.05, 4.69) is 15.5 Å². The zero-order valence-electron chi connectivity index (χ0n) is 11.2. The summed E-state index contributed by atoms with van der Waals surface area (Å²) < 4.78 is 6.79. The number of anilines is 1. The van der Waals surface area contributed by atoms with Crippen molar-refractivity contribution in [1.29, 1.82) is 0 Å². The molecule has 0 saturated carbocycles. The van der Waals surface area contributed by atoms with Crippen LogP contribution in [0.25, 0.3) is 17.1 Å². The number of halogens is 1. The van der Waals surface area contributed by atoms with Crippen molar-refractivity contribution in [3.63, 3.8) is 0 Å².